The molecule has 0 unspecified atom stereocenters. The van der Waals surface area contributed by atoms with Gasteiger partial charge in [0.15, 0.2) is 5.82 Å². The predicted octanol–water partition coefficient (Wildman–Crippen LogP) is 3.34. The van der Waals surface area contributed by atoms with Crippen LogP contribution in [0.3, 0.4) is 0 Å². The zero-order valence-corrected chi connectivity index (χ0v) is 13.5. The van der Waals surface area contributed by atoms with Crippen molar-refractivity contribution < 1.29 is 9.53 Å². The molecule has 0 saturated carbocycles. The molecule has 2 N–H and O–H groups in total. The van der Waals surface area contributed by atoms with E-state index in [4.69, 9.17) is 4.74 Å². The van der Waals surface area contributed by atoms with Gasteiger partial charge < -0.3 is 15.4 Å². The fourth-order valence-corrected chi connectivity index (χ4v) is 2.02. The number of aromatic nitrogens is 2. The van der Waals surface area contributed by atoms with E-state index in [1.807, 2.05) is 6.07 Å². The van der Waals surface area contributed by atoms with Crippen LogP contribution in [0, 0.1) is 0 Å². The standard InChI is InChI=1S/C17H22N4O2/c1-3-4-5-12-18-15-10-11-16(21-20-15)19-17(22)13-6-8-14(23-2)9-7-13/h6-11H,3-5,12H2,1-2H3,(H,18,20)(H,19,21,22). The van der Waals surface area contributed by atoms with E-state index in [1.54, 1.807) is 37.4 Å². The number of carbonyl (C=O) groups excluding carboxylic acids is 1. The van der Waals surface area contributed by atoms with Gasteiger partial charge in [-0.3, -0.25) is 4.79 Å². The highest BCUT2D eigenvalue weighted by atomic mass is 16.5. The number of methoxy groups -OCH3 is 1. The third-order valence-electron chi connectivity index (χ3n) is 3.34. The molecule has 0 aliphatic rings. The quantitative estimate of drug-likeness (QED) is 0.731. The number of ether oxygens (including phenoxy) is 1. The van der Waals surface area contributed by atoms with E-state index in [0.29, 0.717) is 22.9 Å². The second kappa shape index (κ2) is 8.73. The average Bonchev–Trinajstić information content (AvgIpc) is 2.60. The first-order valence-corrected chi connectivity index (χ1v) is 7.76. The molecule has 0 radical (unpaired) electrons. The van der Waals surface area contributed by atoms with Crippen molar-refractivity contribution in [2.75, 3.05) is 24.3 Å². The minimum absolute atomic E-state index is 0.231. The van der Waals surface area contributed by atoms with Crippen molar-refractivity contribution in [1.29, 1.82) is 0 Å². The lowest BCUT2D eigenvalue weighted by atomic mass is 10.2. The predicted molar refractivity (Wildman–Crippen MR) is 91.0 cm³/mol. The summed E-state index contributed by atoms with van der Waals surface area (Å²) < 4.78 is 5.07. The molecule has 23 heavy (non-hydrogen) atoms. The molecule has 2 rings (SSSR count). The van der Waals surface area contributed by atoms with Crippen molar-refractivity contribution in [3.8, 4) is 5.75 Å². The summed E-state index contributed by atoms with van der Waals surface area (Å²) in [4.78, 5) is 12.1. The van der Waals surface area contributed by atoms with Crippen LogP contribution in [0.1, 0.15) is 36.5 Å². The zero-order valence-electron chi connectivity index (χ0n) is 13.5. The number of amides is 1. The maximum atomic E-state index is 12.1. The summed E-state index contributed by atoms with van der Waals surface area (Å²) in [5.41, 5.74) is 0.536. The molecule has 0 fully saturated rings. The van der Waals surface area contributed by atoms with Crippen LogP contribution in [-0.4, -0.2) is 29.8 Å². The summed E-state index contributed by atoms with van der Waals surface area (Å²) in [7, 11) is 1.59. The first-order chi connectivity index (χ1) is 11.2. The van der Waals surface area contributed by atoms with Crippen molar-refractivity contribution in [2.45, 2.75) is 26.2 Å². The summed E-state index contributed by atoms with van der Waals surface area (Å²) in [6, 6.07) is 10.4. The van der Waals surface area contributed by atoms with Gasteiger partial charge in [0.05, 0.1) is 7.11 Å². The van der Waals surface area contributed by atoms with Crippen molar-refractivity contribution >= 4 is 17.5 Å². The number of hydrogen-bond acceptors (Lipinski definition) is 5. The number of anilines is 2. The molecule has 0 saturated heterocycles. The summed E-state index contributed by atoms with van der Waals surface area (Å²) in [5, 5.41) is 14.0. The molecule has 0 bridgehead atoms. The lowest BCUT2D eigenvalue weighted by Gasteiger charge is -2.07. The Morgan fingerprint density at radius 2 is 1.74 bits per heavy atom. The highest BCUT2D eigenvalue weighted by Gasteiger charge is 2.07. The van der Waals surface area contributed by atoms with Crippen LogP contribution < -0.4 is 15.4 Å². The van der Waals surface area contributed by atoms with Gasteiger partial charge in [0, 0.05) is 12.1 Å². The molecule has 0 spiro atoms. The van der Waals surface area contributed by atoms with Crippen LogP contribution in [0.2, 0.25) is 0 Å². The Morgan fingerprint density at radius 1 is 1.04 bits per heavy atom. The average molecular weight is 314 g/mol. The van der Waals surface area contributed by atoms with E-state index in [-0.39, 0.29) is 5.91 Å². The molecule has 1 heterocycles. The topological polar surface area (TPSA) is 76.1 Å². The Kier molecular flexibility index (Phi) is 6.35. The number of carbonyl (C=O) groups is 1. The number of hydrogen-bond donors (Lipinski definition) is 2. The first-order valence-electron chi connectivity index (χ1n) is 7.76. The number of nitrogens with zero attached hydrogens (tertiary/aromatic N) is 2. The first kappa shape index (κ1) is 16.7. The van der Waals surface area contributed by atoms with Gasteiger partial charge in [-0.05, 0) is 42.8 Å². The van der Waals surface area contributed by atoms with Crippen LogP contribution in [0.15, 0.2) is 36.4 Å². The number of benzene rings is 1. The van der Waals surface area contributed by atoms with Crippen LogP contribution in [-0.2, 0) is 0 Å². The third-order valence-corrected chi connectivity index (χ3v) is 3.34. The van der Waals surface area contributed by atoms with E-state index in [0.717, 1.165) is 13.0 Å². The largest absolute Gasteiger partial charge is 0.497 e. The van der Waals surface area contributed by atoms with E-state index in [2.05, 4.69) is 27.8 Å². The highest BCUT2D eigenvalue weighted by Crippen LogP contribution is 2.13. The van der Waals surface area contributed by atoms with Gasteiger partial charge in [-0.15, -0.1) is 10.2 Å². The van der Waals surface area contributed by atoms with Gasteiger partial charge in [-0.25, -0.2) is 0 Å². The summed E-state index contributed by atoms with van der Waals surface area (Å²) in [6.45, 7) is 3.04. The van der Waals surface area contributed by atoms with E-state index < -0.39 is 0 Å². The summed E-state index contributed by atoms with van der Waals surface area (Å²) >= 11 is 0. The molecule has 122 valence electrons. The molecule has 0 aliphatic carbocycles. The van der Waals surface area contributed by atoms with Gasteiger partial charge in [-0.1, -0.05) is 19.8 Å². The highest BCUT2D eigenvalue weighted by molar-refractivity contribution is 6.03. The fourth-order valence-electron chi connectivity index (χ4n) is 2.02. The minimum atomic E-state index is -0.231. The number of rotatable bonds is 8. The lowest BCUT2D eigenvalue weighted by molar-refractivity contribution is 0.102. The van der Waals surface area contributed by atoms with Crippen LogP contribution in [0.5, 0.6) is 5.75 Å². The van der Waals surface area contributed by atoms with Crippen LogP contribution >= 0.6 is 0 Å². The molecule has 1 aromatic heterocycles. The number of nitrogens with one attached hydrogen (secondary N) is 2. The van der Waals surface area contributed by atoms with Gasteiger partial charge in [0.1, 0.15) is 11.6 Å². The summed E-state index contributed by atoms with van der Waals surface area (Å²) in [6.07, 6.45) is 3.48. The van der Waals surface area contributed by atoms with Gasteiger partial charge in [0.25, 0.3) is 5.91 Å². The summed E-state index contributed by atoms with van der Waals surface area (Å²) in [5.74, 6) is 1.61. The van der Waals surface area contributed by atoms with Crippen LogP contribution in [0.25, 0.3) is 0 Å². The van der Waals surface area contributed by atoms with Gasteiger partial charge in [0.2, 0.25) is 0 Å². The van der Waals surface area contributed by atoms with E-state index in [1.165, 1.54) is 12.8 Å². The van der Waals surface area contributed by atoms with Crippen molar-refractivity contribution in [3.63, 3.8) is 0 Å². The van der Waals surface area contributed by atoms with Gasteiger partial charge >= 0.3 is 0 Å². The molecule has 0 atom stereocenters. The minimum Gasteiger partial charge on any atom is -0.497 e. The molecular weight excluding hydrogens is 292 g/mol. The maximum Gasteiger partial charge on any atom is 0.256 e. The van der Waals surface area contributed by atoms with Crippen molar-refractivity contribution in [1.82, 2.24) is 10.2 Å². The normalized spacial score (nSPS) is 10.2. The monoisotopic (exact) mass is 314 g/mol. The SMILES string of the molecule is CCCCCNc1ccc(NC(=O)c2ccc(OC)cc2)nn1. The number of unbranched alkanes of at least 4 members (excludes halogenated alkanes) is 2. The van der Waals surface area contributed by atoms with Crippen molar-refractivity contribution in [2.24, 2.45) is 0 Å². The Balaban J connectivity index is 1.88. The molecule has 2 aromatic rings. The van der Waals surface area contributed by atoms with Gasteiger partial charge in [-0.2, -0.15) is 0 Å². The third kappa shape index (κ3) is 5.25. The molecular formula is C17H22N4O2. The van der Waals surface area contributed by atoms with Crippen LogP contribution in [0.4, 0.5) is 11.6 Å². The Morgan fingerprint density at radius 3 is 2.35 bits per heavy atom. The second-order valence-electron chi connectivity index (χ2n) is 5.12. The molecule has 6 heteroatoms. The Hall–Kier alpha value is -2.63. The smallest absolute Gasteiger partial charge is 0.256 e. The second-order valence-corrected chi connectivity index (χ2v) is 5.12. The molecule has 1 amide bonds. The van der Waals surface area contributed by atoms with E-state index in [9.17, 15) is 4.79 Å². The lowest BCUT2D eigenvalue weighted by Crippen LogP contribution is -2.13. The maximum absolute atomic E-state index is 12.1. The zero-order chi connectivity index (χ0) is 16.5. The molecule has 0 aliphatic heterocycles. The Bertz CT molecular complexity index is 611. The molecule has 6 nitrogen and oxygen atoms in total. The fraction of sp³-hybridized carbons (Fsp3) is 0.353. The Labute approximate surface area is 136 Å². The van der Waals surface area contributed by atoms with E-state index >= 15 is 0 Å². The molecule has 1 aromatic carbocycles. The van der Waals surface area contributed by atoms with Crippen molar-refractivity contribution in [3.05, 3.63) is 42.0 Å².